The van der Waals surface area contributed by atoms with Crippen molar-refractivity contribution in [2.24, 2.45) is 0 Å². The first-order chi connectivity index (χ1) is 10.3. The zero-order valence-electron chi connectivity index (χ0n) is 12.8. The van der Waals surface area contributed by atoms with E-state index in [1.54, 1.807) is 0 Å². The molecule has 0 spiro atoms. The fourth-order valence-electron chi connectivity index (χ4n) is 2.14. The molecule has 3 nitrogen and oxygen atoms in total. The number of hydrogen-bond acceptors (Lipinski definition) is 3. The molecule has 0 fully saturated rings. The molecule has 0 aromatic heterocycles. The minimum absolute atomic E-state index is 0.678. The van der Waals surface area contributed by atoms with Gasteiger partial charge >= 0.3 is 0 Å². The molecule has 0 radical (unpaired) electrons. The van der Waals surface area contributed by atoms with Gasteiger partial charge in [-0.25, -0.2) is 0 Å². The average Bonchev–Trinajstić information content (AvgIpc) is 2.50. The van der Waals surface area contributed by atoms with Crippen LogP contribution in [0.5, 0.6) is 11.5 Å². The lowest BCUT2D eigenvalue weighted by Crippen LogP contribution is -2.24. The van der Waals surface area contributed by atoms with Gasteiger partial charge in [-0.05, 0) is 32.2 Å². The van der Waals surface area contributed by atoms with E-state index in [1.165, 1.54) is 5.56 Å². The minimum atomic E-state index is 0.678. The zero-order valence-corrected chi connectivity index (χ0v) is 12.8. The lowest BCUT2D eigenvalue weighted by atomic mass is 10.2. The third-order valence-corrected chi connectivity index (χ3v) is 3.20. The third kappa shape index (κ3) is 5.12. The van der Waals surface area contributed by atoms with Crippen molar-refractivity contribution >= 4 is 0 Å². The number of para-hydroxylation sites is 2. The summed E-state index contributed by atoms with van der Waals surface area (Å²) in [6, 6.07) is 18.1. The van der Waals surface area contributed by atoms with Gasteiger partial charge in [0.2, 0.25) is 0 Å². The van der Waals surface area contributed by atoms with E-state index in [4.69, 9.17) is 9.47 Å². The van der Waals surface area contributed by atoms with Crippen LogP contribution in [0.3, 0.4) is 0 Å². The molecule has 3 heteroatoms. The lowest BCUT2D eigenvalue weighted by molar-refractivity contribution is 0.230. The molecule has 0 aliphatic rings. The van der Waals surface area contributed by atoms with E-state index in [2.05, 4.69) is 18.0 Å². The van der Waals surface area contributed by atoms with Gasteiger partial charge < -0.3 is 9.47 Å². The highest BCUT2D eigenvalue weighted by Crippen LogP contribution is 2.19. The highest BCUT2D eigenvalue weighted by molar-refractivity contribution is 5.33. The topological polar surface area (TPSA) is 21.7 Å². The Morgan fingerprint density at radius 1 is 0.905 bits per heavy atom. The van der Waals surface area contributed by atoms with Crippen LogP contribution in [0, 0.1) is 0 Å². The van der Waals surface area contributed by atoms with Crippen molar-refractivity contribution in [2.75, 3.05) is 26.8 Å². The molecule has 0 saturated carbocycles. The van der Waals surface area contributed by atoms with Crippen molar-refractivity contribution in [3.8, 4) is 11.5 Å². The second-order valence-corrected chi connectivity index (χ2v) is 4.94. The summed E-state index contributed by atoms with van der Waals surface area (Å²) < 4.78 is 11.4. The Bertz CT molecular complexity index is 528. The maximum atomic E-state index is 5.72. The molecule has 2 aromatic carbocycles. The first-order valence-corrected chi connectivity index (χ1v) is 7.36. The van der Waals surface area contributed by atoms with Gasteiger partial charge in [-0.2, -0.15) is 0 Å². The Morgan fingerprint density at radius 3 is 2.38 bits per heavy atom. The molecule has 112 valence electrons. The molecule has 0 aliphatic heterocycles. The summed E-state index contributed by atoms with van der Waals surface area (Å²) in [6.07, 6.45) is 0. The van der Waals surface area contributed by atoms with E-state index < -0.39 is 0 Å². The van der Waals surface area contributed by atoms with E-state index in [-0.39, 0.29) is 0 Å². The second kappa shape index (κ2) is 8.32. The molecule has 2 aromatic rings. The van der Waals surface area contributed by atoms with Gasteiger partial charge in [0.25, 0.3) is 0 Å². The quantitative estimate of drug-likeness (QED) is 0.740. The first-order valence-electron chi connectivity index (χ1n) is 7.36. The minimum Gasteiger partial charge on any atom is -0.494 e. The maximum Gasteiger partial charge on any atom is 0.123 e. The Morgan fingerprint density at radius 2 is 1.62 bits per heavy atom. The van der Waals surface area contributed by atoms with Crippen LogP contribution >= 0.6 is 0 Å². The fraction of sp³-hybridized carbons (Fsp3) is 0.333. The van der Waals surface area contributed by atoms with E-state index in [1.807, 2.05) is 55.5 Å². The summed E-state index contributed by atoms with van der Waals surface area (Å²) in [5, 5.41) is 0. The summed E-state index contributed by atoms with van der Waals surface area (Å²) >= 11 is 0. The van der Waals surface area contributed by atoms with Crippen LogP contribution in [0.15, 0.2) is 54.6 Å². The van der Waals surface area contributed by atoms with Crippen LogP contribution in [0.25, 0.3) is 0 Å². The summed E-state index contributed by atoms with van der Waals surface area (Å²) in [7, 11) is 2.09. The number of likely N-dealkylation sites (N-methyl/N-ethyl adjacent to an activating group) is 1. The molecular weight excluding hydrogens is 262 g/mol. The Labute approximate surface area is 127 Å². The summed E-state index contributed by atoms with van der Waals surface area (Å²) in [5.41, 5.74) is 1.21. The number of ether oxygens (including phenoxy) is 2. The van der Waals surface area contributed by atoms with Crippen LogP contribution in [-0.4, -0.2) is 31.7 Å². The number of nitrogens with zero attached hydrogens (tertiary/aromatic N) is 1. The normalized spacial score (nSPS) is 10.6. The van der Waals surface area contributed by atoms with Gasteiger partial charge in [0, 0.05) is 18.7 Å². The lowest BCUT2D eigenvalue weighted by Gasteiger charge is -2.19. The first kappa shape index (κ1) is 15.4. The standard InChI is InChI=1S/C18H23NO2/c1-3-20-18-12-8-7-9-16(18)15-19(2)13-14-21-17-10-5-4-6-11-17/h4-12H,3,13-15H2,1-2H3. The molecule has 0 amide bonds. The van der Waals surface area contributed by atoms with Gasteiger partial charge in [0.15, 0.2) is 0 Å². The van der Waals surface area contributed by atoms with Gasteiger partial charge in [-0.1, -0.05) is 36.4 Å². The highest BCUT2D eigenvalue weighted by atomic mass is 16.5. The maximum absolute atomic E-state index is 5.72. The van der Waals surface area contributed by atoms with Crippen LogP contribution in [0.1, 0.15) is 12.5 Å². The van der Waals surface area contributed by atoms with E-state index in [0.717, 1.165) is 24.6 Å². The molecule has 0 unspecified atom stereocenters. The molecule has 0 N–H and O–H groups in total. The van der Waals surface area contributed by atoms with Crippen molar-refractivity contribution in [1.29, 1.82) is 0 Å². The predicted octanol–water partition coefficient (Wildman–Crippen LogP) is 3.60. The van der Waals surface area contributed by atoms with Crippen molar-refractivity contribution < 1.29 is 9.47 Å². The number of hydrogen-bond donors (Lipinski definition) is 0. The van der Waals surface area contributed by atoms with Crippen molar-refractivity contribution in [2.45, 2.75) is 13.5 Å². The van der Waals surface area contributed by atoms with Gasteiger partial charge in [-0.15, -0.1) is 0 Å². The molecule has 2 rings (SSSR count). The Balaban J connectivity index is 1.80. The predicted molar refractivity (Wildman–Crippen MR) is 85.9 cm³/mol. The smallest absolute Gasteiger partial charge is 0.123 e. The van der Waals surface area contributed by atoms with E-state index in [0.29, 0.717) is 13.2 Å². The van der Waals surface area contributed by atoms with E-state index >= 15 is 0 Å². The van der Waals surface area contributed by atoms with E-state index in [9.17, 15) is 0 Å². The van der Waals surface area contributed by atoms with Crippen LogP contribution in [0.4, 0.5) is 0 Å². The third-order valence-electron chi connectivity index (χ3n) is 3.20. The number of benzene rings is 2. The fourth-order valence-corrected chi connectivity index (χ4v) is 2.14. The average molecular weight is 285 g/mol. The SMILES string of the molecule is CCOc1ccccc1CN(C)CCOc1ccccc1. The van der Waals surface area contributed by atoms with Gasteiger partial charge in [-0.3, -0.25) is 4.90 Å². The van der Waals surface area contributed by atoms with Crippen molar-refractivity contribution in [3.05, 3.63) is 60.2 Å². The molecule has 0 heterocycles. The Kier molecular flexibility index (Phi) is 6.10. The Hall–Kier alpha value is -2.00. The number of rotatable bonds is 8. The molecule has 0 bridgehead atoms. The monoisotopic (exact) mass is 285 g/mol. The van der Waals surface area contributed by atoms with Gasteiger partial charge in [0.05, 0.1) is 6.61 Å². The molecule has 0 aliphatic carbocycles. The van der Waals surface area contributed by atoms with Crippen molar-refractivity contribution in [3.63, 3.8) is 0 Å². The largest absolute Gasteiger partial charge is 0.494 e. The summed E-state index contributed by atoms with van der Waals surface area (Å²) in [5.74, 6) is 1.89. The zero-order chi connectivity index (χ0) is 14.9. The van der Waals surface area contributed by atoms with Crippen LogP contribution < -0.4 is 9.47 Å². The summed E-state index contributed by atoms with van der Waals surface area (Å²) in [6.45, 7) is 5.10. The molecular formula is C18H23NO2. The van der Waals surface area contributed by atoms with Crippen molar-refractivity contribution in [1.82, 2.24) is 4.90 Å². The van der Waals surface area contributed by atoms with Gasteiger partial charge in [0.1, 0.15) is 18.1 Å². The molecule has 0 saturated heterocycles. The second-order valence-electron chi connectivity index (χ2n) is 4.94. The van der Waals surface area contributed by atoms with Crippen LogP contribution in [-0.2, 0) is 6.54 Å². The highest BCUT2D eigenvalue weighted by Gasteiger charge is 2.06. The summed E-state index contributed by atoms with van der Waals surface area (Å²) in [4.78, 5) is 2.24. The molecule has 0 atom stereocenters. The molecule has 21 heavy (non-hydrogen) atoms. The van der Waals surface area contributed by atoms with Crippen LogP contribution in [0.2, 0.25) is 0 Å².